The Labute approximate surface area is 468 Å². The molecule has 5 amide bonds. The van der Waals surface area contributed by atoms with Crippen LogP contribution in [0.1, 0.15) is 108 Å². The van der Waals surface area contributed by atoms with Crippen LogP contribution in [0.4, 0.5) is 24.9 Å². The number of carbonyl (C=O) groups excluding carboxylic acids is 5. The Morgan fingerprint density at radius 3 is 1.95 bits per heavy atom. The number of hydrogen-bond donors (Lipinski definition) is 9. The van der Waals surface area contributed by atoms with Crippen molar-refractivity contribution in [3.05, 3.63) is 51.8 Å². The zero-order valence-corrected chi connectivity index (χ0v) is 48.9. The lowest BCUT2D eigenvalue weighted by atomic mass is 9.82. The van der Waals surface area contributed by atoms with Gasteiger partial charge in [0.25, 0.3) is 5.69 Å². The highest BCUT2D eigenvalue weighted by Gasteiger charge is 2.55. The smallest absolute Gasteiger partial charge is 0.410 e. The maximum atomic E-state index is 14.0. The van der Waals surface area contributed by atoms with Gasteiger partial charge in [0.05, 0.1) is 42.2 Å². The van der Waals surface area contributed by atoms with E-state index in [9.17, 15) is 54.5 Å². The first-order valence-corrected chi connectivity index (χ1v) is 26.6. The molecule has 2 heterocycles. The van der Waals surface area contributed by atoms with Gasteiger partial charge in [0, 0.05) is 38.8 Å². The molecule has 27 heteroatoms. The number of alkyl carbamates (subject to hydrolysis) is 3. The Hall–Kier alpha value is -5.65. The number of hydrogen-bond acceptors (Lipinski definition) is 21. The lowest BCUT2D eigenvalue weighted by Gasteiger charge is -2.50. The number of carbonyl (C=O) groups is 5. The predicted octanol–water partition coefficient (Wildman–Crippen LogP) is 2.89. The average Bonchev–Trinajstić information content (AvgIpc) is 3.34. The number of aliphatic hydroxyl groups excluding tert-OH is 3. The number of nitro benzene ring substituents is 1. The number of rotatable bonds is 21. The first-order chi connectivity index (χ1) is 36.8. The summed E-state index contributed by atoms with van der Waals surface area (Å²) in [7, 11) is 5.19. The lowest BCUT2D eigenvalue weighted by molar-refractivity contribution is -0.384. The summed E-state index contributed by atoms with van der Waals surface area (Å²) < 4.78 is 47.4. The number of nitrogens with zero attached hydrogens (tertiary/aromatic N) is 3. The van der Waals surface area contributed by atoms with E-state index >= 15 is 0 Å². The number of likely N-dealkylation sites (N-methyl/N-ethyl adjacent to an activating group) is 1. The Balaban J connectivity index is 1.73. The minimum Gasteiger partial charge on any atom is -0.466 e. The molecule has 2 fully saturated rings. The summed E-state index contributed by atoms with van der Waals surface area (Å²) in [5.74, 6) is -0.768. The van der Waals surface area contributed by atoms with Crippen molar-refractivity contribution in [3.8, 4) is 0 Å². The predicted molar refractivity (Wildman–Crippen MR) is 287 cm³/mol. The van der Waals surface area contributed by atoms with Gasteiger partial charge in [-0.2, -0.15) is 0 Å². The number of non-ortho nitro benzene ring substituents is 1. The molecule has 0 aromatic heterocycles. The number of nitro groups is 1. The third-order valence-electron chi connectivity index (χ3n) is 12.6. The SMILES string of the molecule is CN(C)CC(C)(C)CN[C@@H]1CC=C(CNC(=O)OCc2ccc([N+](=O)[O-])cc2)O[C@@H]1O[C@H]1[C@H](O)[C@@H](O[C@H]2OC[C@](C)(O)[C@H](N(C)C(=O)OC(C)(C)C)[C@H]2O)[C@H](NC(=O)[C@@H](O)CCNC(=O)OC(C)(C)C)C[C@@H]1NC(=O)OC(C)(C)C. The zero-order chi connectivity index (χ0) is 60.3. The lowest BCUT2D eigenvalue weighted by Crippen LogP contribution is -2.71. The summed E-state index contributed by atoms with van der Waals surface area (Å²) in [6.45, 7) is 20.3. The molecule has 0 unspecified atom stereocenters. The molecule has 9 N–H and O–H groups in total. The molecule has 1 aromatic carbocycles. The quantitative estimate of drug-likeness (QED) is 0.0485. The molecule has 80 heavy (non-hydrogen) atoms. The summed E-state index contributed by atoms with van der Waals surface area (Å²) >= 11 is 0. The van der Waals surface area contributed by atoms with Crippen molar-refractivity contribution < 1.29 is 87.2 Å². The standard InChI is InChI=1S/C53H88N8O19/c1-49(2,3)78-46(67)54-23-22-36(62)42(65)57-34-24-35(58-47(68)79-50(4,5)6)40(37(63)39(34)77-44-38(64)41(53(12,70)29-74-44)60(15)48(69)80-51(7,8)9)76-43-33(56-27-52(10,11)28-59(13)14)21-20-32(75-43)25-55-45(66)73-26-30-16-18-31(19-17-30)61(71)72/h16-20,33-41,43-44,56,62-64,70H,21-29H2,1-15H3,(H,54,67)(H,55,66)(H,57,65)(H,58,68)/t33-,34-,35+,36+,37-,38-,39+,40-,41-,43-,44-,53+/m1/s1. The summed E-state index contributed by atoms with van der Waals surface area (Å²) in [5, 5.41) is 72.7. The van der Waals surface area contributed by atoms with E-state index in [-0.39, 0.29) is 55.8 Å². The molecule has 12 atom stereocenters. The Morgan fingerprint density at radius 2 is 1.38 bits per heavy atom. The number of benzene rings is 1. The summed E-state index contributed by atoms with van der Waals surface area (Å²) in [5.41, 5.74) is -4.63. The molecule has 1 aromatic rings. The second-order valence-electron chi connectivity index (χ2n) is 24.7. The first kappa shape index (κ1) is 66.9. The van der Waals surface area contributed by atoms with Crippen LogP contribution in [0, 0.1) is 15.5 Å². The Kier molecular flexibility index (Phi) is 23.3. The molecular formula is C53H88N8O19. The molecule has 0 spiro atoms. The van der Waals surface area contributed by atoms with Gasteiger partial charge < -0.3 is 94.7 Å². The maximum Gasteiger partial charge on any atom is 0.410 e. The van der Waals surface area contributed by atoms with Crippen LogP contribution >= 0.6 is 0 Å². The zero-order valence-electron chi connectivity index (χ0n) is 48.9. The van der Waals surface area contributed by atoms with E-state index < -0.39 is 131 Å². The van der Waals surface area contributed by atoms with Crippen molar-refractivity contribution in [2.24, 2.45) is 5.41 Å². The van der Waals surface area contributed by atoms with E-state index in [4.69, 9.17) is 37.9 Å². The third-order valence-corrected chi connectivity index (χ3v) is 12.6. The fourth-order valence-electron chi connectivity index (χ4n) is 9.26. The summed E-state index contributed by atoms with van der Waals surface area (Å²) in [6.07, 6.45) is -13.8. The van der Waals surface area contributed by atoms with Crippen molar-refractivity contribution in [2.45, 2.75) is 199 Å². The van der Waals surface area contributed by atoms with Gasteiger partial charge in [-0.15, -0.1) is 0 Å². The van der Waals surface area contributed by atoms with Crippen molar-refractivity contribution in [1.82, 2.24) is 36.4 Å². The van der Waals surface area contributed by atoms with E-state index in [1.165, 1.54) is 38.2 Å². The number of aliphatic hydroxyl groups is 4. The van der Waals surface area contributed by atoms with E-state index in [1.54, 1.807) is 68.4 Å². The highest BCUT2D eigenvalue weighted by molar-refractivity contribution is 5.81. The minimum absolute atomic E-state index is 0.128. The first-order valence-electron chi connectivity index (χ1n) is 26.6. The largest absolute Gasteiger partial charge is 0.466 e. The fraction of sp³-hybridized carbons (Fsp3) is 0.755. The molecule has 2 aliphatic heterocycles. The number of nitrogens with one attached hydrogen (secondary N) is 5. The van der Waals surface area contributed by atoms with E-state index in [1.807, 2.05) is 19.0 Å². The third kappa shape index (κ3) is 21.3. The van der Waals surface area contributed by atoms with Crippen LogP contribution in [0.2, 0.25) is 0 Å². The normalized spacial score (nSPS) is 26.8. The van der Waals surface area contributed by atoms with Gasteiger partial charge in [-0.3, -0.25) is 14.9 Å². The Bertz CT molecular complexity index is 2280. The van der Waals surface area contributed by atoms with Crippen LogP contribution < -0.4 is 26.6 Å². The molecular weight excluding hydrogens is 1050 g/mol. The molecule has 1 aliphatic carbocycles. The molecule has 0 radical (unpaired) electrons. The van der Waals surface area contributed by atoms with Gasteiger partial charge in [0.2, 0.25) is 12.2 Å². The van der Waals surface area contributed by atoms with Crippen LogP contribution in [0.25, 0.3) is 0 Å². The van der Waals surface area contributed by atoms with Gasteiger partial charge in [0.1, 0.15) is 65.3 Å². The van der Waals surface area contributed by atoms with E-state index in [0.717, 1.165) is 4.90 Å². The molecule has 1 saturated carbocycles. The van der Waals surface area contributed by atoms with Crippen LogP contribution in [0.5, 0.6) is 0 Å². The minimum atomic E-state index is -1.89. The maximum absolute atomic E-state index is 14.0. The Morgan fingerprint density at radius 1 is 0.800 bits per heavy atom. The molecule has 27 nitrogen and oxygen atoms in total. The van der Waals surface area contributed by atoms with Gasteiger partial charge in [0.15, 0.2) is 6.29 Å². The summed E-state index contributed by atoms with van der Waals surface area (Å²) in [4.78, 5) is 80.0. The average molecular weight is 1140 g/mol. The molecule has 0 bridgehead atoms. The molecule has 4 rings (SSSR count). The molecule has 3 aliphatic rings. The van der Waals surface area contributed by atoms with Gasteiger partial charge in [-0.1, -0.05) is 13.8 Å². The van der Waals surface area contributed by atoms with Gasteiger partial charge in [-0.05, 0) is 132 Å². The van der Waals surface area contributed by atoms with Crippen LogP contribution in [0.3, 0.4) is 0 Å². The number of amides is 5. The second kappa shape index (κ2) is 27.9. The van der Waals surface area contributed by atoms with Crippen molar-refractivity contribution in [3.63, 3.8) is 0 Å². The van der Waals surface area contributed by atoms with Crippen molar-refractivity contribution in [2.75, 3.05) is 53.9 Å². The van der Waals surface area contributed by atoms with E-state index in [0.29, 0.717) is 18.7 Å². The van der Waals surface area contributed by atoms with Crippen molar-refractivity contribution in [1.29, 1.82) is 0 Å². The highest BCUT2D eigenvalue weighted by atomic mass is 16.7. The van der Waals surface area contributed by atoms with E-state index in [2.05, 4.69) is 40.4 Å². The highest BCUT2D eigenvalue weighted by Crippen LogP contribution is 2.35. The van der Waals surface area contributed by atoms with Crippen LogP contribution in [0.15, 0.2) is 36.1 Å². The molecule has 454 valence electrons. The monoisotopic (exact) mass is 1140 g/mol. The molecule has 1 saturated heterocycles. The second-order valence-corrected chi connectivity index (χ2v) is 24.7. The van der Waals surface area contributed by atoms with Crippen LogP contribution in [-0.2, 0) is 49.3 Å². The summed E-state index contributed by atoms with van der Waals surface area (Å²) in [6, 6.07) is 0.793. The van der Waals surface area contributed by atoms with Crippen molar-refractivity contribution >= 4 is 36.0 Å². The van der Waals surface area contributed by atoms with Gasteiger partial charge in [-0.25, -0.2) is 19.2 Å². The number of ether oxygens (including phenoxy) is 8. The fourth-order valence-corrected chi connectivity index (χ4v) is 9.26. The van der Waals surface area contributed by atoms with Gasteiger partial charge >= 0.3 is 24.4 Å². The van der Waals surface area contributed by atoms with Crippen LogP contribution in [-0.4, -0.2) is 209 Å². The topological polar surface area (TPSA) is 350 Å².